The van der Waals surface area contributed by atoms with Gasteiger partial charge in [0.2, 0.25) is 0 Å². The van der Waals surface area contributed by atoms with Crippen LogP contribution in [-0.2, 0) is 6.42 Å². The van der Waals surface area contributed by atoms with Crippen molar-refractivity contribution in [3.05, 3.63) is 33.8 Å². The van der Waals surface area contributed by atoms with Crippen LogP contribution in [0.5, 0.6) is 0 Å². The molecule has 1 aliphatic rings. The van der Waals surface area contributed by atoms with E-state index in [2.05, 4.69) is 49.2 Å². The molecule has 0 unspecified atom stereocenters. The van der Waals surface area contributed by atoms with E-state index in [0.29, 0.717) is 0 Å². The molecule has 0 N–H and O–H groups in total. The SMILES string of the molecule is Cc1cc(CCN2C=CN(C)C2)c(C)s1. The Balaban J connectivity index is 1.88. The first-order valence-corrected chi connectivity index (χ1v) is 6.15. The second-order valence-electron chi connectivity index (χ2n) is 4.20. The fourth-order valence-corrected chi connectivity index (χ4v) is 2.91. The van der Waals surface area contributed by atoms with Crippen LogP contribution in [0.25, 0.3) is 0 Å². The van der Waals surface area contributed by atoms with Crippen LogP contribution in [0.3, 0.4) is 0 Å². The van der Waals surface area contributed by atoms with Crippen molar-refractivity contribution >= 4 is 11.3 Å². The number of aryl methyl sites for hydroxylation is 2. The quantitative estimate of drug-likeness (QED) is 0.775. The third-order valence-electron chi connectivity index (χ3n) is 2.75. The molecule has 2 heterocycles. The average Bonchev–Trinajstić information content (AvgIpc) is 2.70. The van der Waals surface area contributed by atoms with E-state index in [-0.39, 0.29) is 0 Å². The van der Waals surface area contributed by atoms with Crippen molar-refractivity contribution in [2.24, 2.45) is 0 Å². The minimum absolute atomic E-state index is 1.03. The third-order valence-corrected chi connectivity index (χ3v) is 3.76. The zero-order valence-electron chi connectivity index (χ0n) is 9.66. The highest BCUT2D eigenvalue weighted by Gasteiger charge is 2.09. The number of rotatable bonds is 3. The Morgan fingerprint density at radius 2 is 2.13 bits per heavy atom. The highest BCUT2D eigenvalue weighted by molar-refractivity contribution is 7.12. The van der Waals surface area contributed by atoms with Crippen molar-refractivity contribution in [2.45, 2.75) is 20.3 Å². The fourth-order valence-electron chi connectivity index (χ4n) is 1.93. The normalized spacial score (nSPS) is 15.4. The monoisotopic (exact) mass is 222 g/mol. The molecule has 1 aliphatic heterocycles. The molecular weight excluding hydrogens is 204 g/mol. The van der Waals surface area contributed by atoms with Gasteiger partial charge in [0, 0.05) is 35.7 Å². The molecule has 1 aromatic rings. The number of hydrogen-bond acceptors (Lipinski definition) is 3. The van der Waals surface area contributed by atoms with E-state index in [1.807, 2.05) is 11.3 Å². The second-order valence-corrected chi connectivity index (χ2v) is 5.66. The van der Waals surface area contributed by atoms with Gasteiger partial charge in [-0.1, -0.05) is 0 Å². The first-order valence-electron chi connectivity index (χ1n) is 5.33. The van der Waals surface area contributed by atoms with Crippen LogP contribution in [0.2, 0.25) is 0 Å². The van der Waals surface area contributed by atoms with Crippen molar-refractivity contribution in [3.8, 4) is 0 Å². The maximum Gasteiger partial charge on any atom is 0.0890 e. The van der Waals surface area contributed by atoms with E-state index in [9.17, 15) is 0 Å². The predicted octanol–water partition coefficient (Wildman–Crippen LogP) is 2.58. The molecule has 0 bridgehead atoms. The minimum Gasteiger partial charge on any atom is -0.362 e. The lowest BCUT2D eigenvalue weighted by atomic mass is 10.2. The van der Waals surface area contributed by atoms with Gasteiger partial charge in [-0.3, -0.25) is 0 Å². The number of nitrogens with zero attached hydrogens (tertiary/aromatic N) is 2. The van der Waals surface area contributed by atoms with Crippen LogP contribution in [0.1, 0.15) is 15.3 Å². The summed E-state index contributed by atoms with van der Waals surface area (Å²) in [6, 6.07) is 2.32. The Morgan fingerprint density at radius 1 is 1.33 bits per heavy atom. The molecule has 0 saturated carbocycles. The minimum atomic E-state index is 1.03. The largest absolute Gasteiger partial charge is 0.362 e. The molecule has 82 valence electrons. The van der Waals surface area contributed by atoms with E-state index >= 15 is 0 Å². The van der Waals surface area contributed by atoms with Crippen molar-refractivity contribution in [3.63, 3.8) is 0 Å². The Bertz CT molecular complexity index is 368. The van der Waals surface area contributed by atoms with E-state index in [0.717, 1.165) is 19.6 Å². The maximum absolute atomic E-state index is 2.35. The fraction of sp³-hybridized carbons (Fsp3) is 0.500. The molecule has 3 heteroatoms. The van der Waals surface area contributed by atoms with E-state index in [4.69, 9.17) is 0 Å². The van der Waals surface area contributed by atoms with Gasteiger partial charge in [0.1, 0.15) is 0 Å². The molecule has 0 amide bonds. The first-order chi connectivity index (χ1) is 7.15. The average molecular weight is 222 g/mol. The second kappa shape index (κ2) is 4.27. The van der Waals surface area contributed by atoms with Crippen LogP contribution < -0.4 is 0 Å². The highest BCUT2D eigenvalue weighted by atomic mass is 32.1. The molecule has 2 nitrogen and oxygen atoms in total. The van der Waals surface area contributed by atoms with E-state index < -0.39 is 0 Å². The summed E-state index contributed by atoms with van der Waals surface area (Å²) in [4.78, 5) is 7.46. The van der Waals surface area contributed by atoms with Crippen molar-refractivity contribution in [1.29, 1.82) is 0 Å². The van der Waals surface area contributed by atoms with Gasteiger partial charge in [0.15, 0.2) is 0 Å². The molecule has 1 aromatic heterocycles. The Morgan fingerprint density at radius 3 is 2.67 bits per heavy atom. The molecule has 0 fully saturated rings. The first kappa shape index (κ1) is 10.6. The summed E-state index contributed by atoms with van der Waals surface area (Å²) < 4.78 is 0. The van der Waals surface area contributed by atoms with Crippen LogP contribution >= 0.6 is 11.3 Å². The van der Waals surface area contributed by atoms with Gasteiger partial charge < -0.3 is 9.80 Å². The van der Waals surface area contributed by atoms with Gasteiger partial charge in [-0.2, -0.15) is 0 Å². The molecule has 15 heavy (non-hydrogen) atoms. The summed E-state index contributed by atoms with van der Waals surface area (Å²) in [7, 11) is 2.11. The van der Waals surface area contributed by atoms with Crippen LogP contribution in [0.15, 0.2) is 18.5 Å². The molecule has 2 rings (SSSR count). The molecule has 0 aromatic carbocycles. The Labute approximate surface area is 95.8 Å². The Hall–Kier alpha value is -0.960. The zero-order valence-corrected chi connectivity index (χ0v) is 10.5. The van der Waals surface area contributed by atoms with Crippen LogP contribution in [0.4, 0.5) is 0 Å². The molecular formula is C12H18N2S. The standard InChI is InChI=1S/C12H18N2S/c1-10-8-12(11(2)15-10)4-5-14-7-6-13(3)9-14/h6-8H,4-5,9H2,1-3H3. The molecule has 0 saturated heterocycles. The lowest BCUT2D eigenvalue weighted by Crippen LogP contribution is -2.24. The van der Waals surface area contributed by atoms with Gasteiger partial charge in [0.05, 0.1) is 6.67 Å². The molecule has 0 spiro atoms. The summed E-state index contributed by atoms with van der Waals surface area (Å²) in [5, 5.41) is 0. The smallest absolute Gasteiger partial charge is 0.0890 e. The summed E-state index contributed by atoms with van der Waals surface area (Å²) in [6.07, 6.45) is 5.47. The molecule has 0 atom stereocenters. The highest BCUT2D eigenvalue weighted by Crippen LogP contribution is 2.21. The van der Waals surface area contributed by atoms with Gasteiger partial charge in [-0.15, -0.1) is 11.3 Å². The maximum atomic E-state index is 2.35. The van der Waals surface area contributed by atoms with Crippen molar-refractivity contribution in [1.82, 2.24) is 9.80 Å². The summed E-state index contributed by atoms with van der Waals surface area (Å²) in [5.74, 6) is 0. The van der Waals surface area contributed by atoms with E-state index in [1.54, 1.807) is 0 Å². The zero-order chi connectivity index (χ0) is 10.8. The van der Waals surface area contributed by atoms with Crippen LogP contribution in [0, 0.1) is 13.8 Å². The number of hydrogen-bond donors (Lipinski definition) is 0. The predicted molar refractivity (Wildman–Crippen MR) is 66.0 cm³/mol. The lowest BCUT2D eigenvalue weighted by molar-refractivity contribution is 0.299. The van der Waals surface area contributed by atoms with Crippen molar-refractivity contribution in [2.75, 3.05) is 20.3 Å². The number of thiophene rings is 1. The summed E-state index contributed by atoms with van der Waals surface area (Å²) in [6.45, 7) is 6.56. The van der Waals surface area contributed by atoms with Crippen LogP contribution in [-0.4, -0.2) is 30.1 Å². The third kappa shape index (κ3) is 2.53. The molecule has 0 radical (unpaired) electrons. The van der Waals surface area contributed by atoms with Gasteiger partial charge >= 0.3 is 0 Å². The van der Waals surface area contributed by atoms with Gasteiger partial charge in [0.25, 0.3) is 0 Å². The lowest BCUT2D eigenvalue weighted by Gasteiger charge is -2.17. The van der Waals surface area contributed by atoms with E-state index in [1.165, 1.54) is 15.3 Å². The summed E-state index contributed by atoms with van der Waals surface area (Å²) in [5.41, 5.74) is 1.51. The summed E-state index contributed by atoms with van der Waals surface area (Å²) >= 11 is 1.91. The van der Waals surface area contributed by atoms with Gasteiger partial charge in [-0.05, 0) is 31.9 Å². The molecule has 0 aliphatic carbocycles. The Kier molecular flexibility index (Phi) is 3.00. The topological polar surface area (TPSA) is 6.48 Å². The van der Waals surface area contributed by atoms with Gasteiger partial charge in [-0.25, -0.2) is 0 Å². The van der Waals surface area contributed by atoms with Crippen molar-refractivity contribution < 1.29 is 0 Å².